The highest BCUT2D eigenvalue weighted by Crippen LogP contribution is 2.36. The van der Waals surface area contributed by atoms with Crippen molar-refractivity contribution < 1.29 is 0 Å². The lowest BCUT2D eigenvalue weighted by Gasteiger charge is -2.01. The fourth-order valence-corrected chi connectivity index (χ4v) is 2.53. The average Bonchev–Trinajstić information content (AvgIpc) is 2.55. The van der Waals surface area contributed by atoms with E-state index in [0.29, 0.717) is 5.82 Å². The SMILES string of the molecule is Nc1cc(C2CCCC2)sn1. The monoisotopic (exact) mass is 168 g/mol. The quantitative estimate of drug-likeness (QED) is 0.699. The fourth-order valence-electron chi connectivity index (χ4n) is 1.71. The van der Waals surface area contributed by atoms with Crippen LogP contribution in [0.15, 0.2) is 6.07 Å². The summed E-state index contributed by atoms with van der Waals surface area (Å²) in [6.07, 6.45) is 5.42. The minimum Gasteiger partial charge on any atom is -0.383 e. The maximum absolute atomic E-state index is 5.55. The molecule has 0 unspecified atom stereocenters. The van der Waals surface area contributed by atoms with Crippen LogP contribution < -0.4 is 5.73 Å². The summed E-state index contributed by atoms with van der Waals surface area (Å²) in [4.78, 5) is 1.39. The third-order valence-corrected chi connectivity index (χ3v) is 3.27. The van der Waals surface area contributed by atoms with Crippen LogP contribution in [0.4, 0.5) is 5.82 Å². The van der Waals surface area contributed by atoms with Crippen molar-refractivity contribution in [1.29, 1.82) is 0 Å². The van der Waals surface area contributed by atoms with Crippen LogP contribution in [0.25, 0.3) is 0 Å². The maximum Gasteiger partial charge on any atom is 0.137 e. The van der Waals surface area contributed by atoms with Gasteiger partial charge in [-0.1, -0.05) is 12.8 Å². The van der Waals surface area contributed by atoms with E-state index in [1.165, 1.54) is 30.6 Å². The molecule has 0 aromatic carbocycles. The second-order valence-corrected chi connectivity index (χ2v) is 3.97. The number of anilines is 1. The predicted molar refractivity (Wildman–Crippen MR) is 47.7 cm³/mol. The highest BCUT2D eigenvalue weighted by Gasteiger charge is 2.18. The summed E-state index contributed by atoms with van der Waals surface area (Å²) in [7, 11) is 0. The van der Waals surface area contributed by atoms with Gasteiger partial charge >= 0.3 is 0 Å². The highest BCUT2D eigenvalue weighted by molar-refractivity contribution is 7.06. The number of hydrogen-bond donors (Lipinski definition) is 1. The Hall–Kier alpha value is -0.570. The predicted octanol–water partition coefficient (Wildman–Crippen LogP) is 2.38. The molecule has 1 aliphatic rings. The molecule has 0 spiro atoms. The van der Waals surface area contributed by atoms with Crippen molar-refractivity contribution in [3.05, 3.63) is 10.9 Å². The van der Waals surface area contributed by atoms with Crippen molar-refractivity contribution in [2.75, 3.05) is 5.73 Å². The lowest BCUT2D eigenvalue weighted by Crippen LogP contribution is -1.86. The Bertz CT molecular complexity index is 238. The van der Waals surface area contributed by atoms with Crippen molar-refractivity contribution in [1.82, 2.24) is 4.37 Å². The topological polar surface area (TPSA) is 38.9 Å². The highest BCUT2D eigenvalue weighted by atomic mass is 32.1. The Kier molecular flexibility index (Phi) is 1.82. The molecular weight excluding hydrogens is 156 g/mol. The zero-order valence-corrected chi connectivity index (χ0v) is 7.23. The van der Waals surface area contributed by atoms with Gasteiger partial charge in [-0.3, -0.25) is 0 Å². The van der Waals surface area contributed by atoms with E-state index in [4.69, 9.17) is 5.73 Å². The Morgan fingerprint density at radius 3 is 2.73 bits per heavy atom. The molecule has 1 fully saturated rings. The van der Waals surface area contributed by atoms with Crippen LogP contribution in [0, 0.1) is 0 Å². The largest absolute Gasteiger partial charge is 0.383 e. The van der Waals surface area contributed by atoms with Gasteiger partial charge in [-0.2, -0.15) is 4.37 Å². The summed E-state index contributed by atoms with van der Waals surface area (Å²) in [6, 6.07) is 2.03. The third-order valence-electron chi connectivity index (χ3n) is 2.30. The summed E-state index contributed by atoms with van der Waals surface area (Å²) in [5.41, 5.74) is 5.55. The smallest absolute Gasteiger partial charge is 0.137 e. The van der Waals surface area contributed by atoms with E-state index in [-0.39, 0.29) is 0 Å². The molecule has 2 N–H and O–H groups in total. The molecule has 3 heteroatoms. The van der Waals surface area contributed by atoms with Gasteiger partial charge in [-0.05, 0) is 36.4 Å². The molecule has 11 heavy (non-hydrogen) atoms. The molecule has 60 valence electrons. The van der Waals surface area contributed by atoms with E-state index >= 15 is 0 Å². The number of aromatic nitrogens is 1. The number of nitrogen functional groups attached to an aromatic ring is 1. The number of rotatable bonds is 1. The lowest BCUT2D eigenvalue weighted by molar-refractivity contribution is 0.738. The van der Waals surface area contributed by atoms with Gasteiger partial charge in [-0.15, -0.1) is 0 Å². The molecule has 1 aromatic rings. The van der Waals surface area contributed by atoms with Crippen LogP contribution in [0.3, 0.4) is 0 Å². The zero-order chi connectivity index (χ0) is 7.68. The second kappa shape index (κ2) is 2.81. The minimum atomic E-state index is 0.692. The second-order valence-electron chi connectivity index (χ2n) is 3.14. The average molecular weight is 168 g/mol. The van der Waals surface area contributed by atoms with Crippen molar-refractivity contribution in [2.45, 2.75) is 31.6 Å². The van der Waals surface area contributed by atoms with E-state index in [0.717, 1.165) is 5.92 Å². The first kappa shape index (κ1) is 7.10. The minimum absolute atomic E-state index is 0.692. The first-order chi connectivity index (χ1) is 5.36. The van der Waals surface area contributed by atoms with Crippen LogP contribution in [0.2, 0.25) is 0 Å². The zero-order valence-electron chi connectivity index (χ0n) is 6.42. The molecule has 1 saturated carbocycles. The van der Waals surface area contributed by atoms with Gasteiger partial charge in [0, 0.05) is 4.88 Å². The van der Waals surface area contributed by atoms with Gasteiger partial charge in [-0.25, -0.2) is 0 Å². The summed E-state index contributed by atoms with van der Waals surface area (Å²) >= 11 is 1.57. The van der Waals surface area contributed by atoms with Gasteiger partial charge in [0.15, 0.2) is 0 Å². The lowest BCUT2D eigenvalue weighted by atomic mass is 10.1. The van der Waals surface area contributed by atoms with E-state index in [9.17, 15) is 0 Å². The molecule has 0 amide bonds. The summed E-state index contributed by atoms with van der Waals surface area (Å²) in [5.74, 6) is 1.46. The van der Waals surface area contributed by atoms with Crippen LogP contribution in [0.1, 0.15) is 36.5 Å². The first-order valence-electron chi connectivity index (χ1n) is 4.08. The Labute approximate surface area is 70.6 Å². The van der Waals surface area contributed by atoms with E-state index < -0.39 is 0 Å². The van der Waals surface area contributed by atoms with Crippen molar-refractivity contribution in [3.63, 3.8) is 0 Å². The van der Waals surface area contributed by atoms with Crippen LogP contribution in [-0.2, 0) is 0 Å². The van der Waals surface area contributed by atoms with Crippen LogP contribution in [-0.4, -0.2) is 4.37 Å². The number of hydrogen-bond acceptors (Lipinski definition) is 3. The van der Waals surface area contributed by atoms with Gasteiger partial charge in [0.05, 0.1) is 0 Å². The maximum atomic E-state index is 5.55. The standard InChI is InChI=1S/C8H12N2S/c9-8-5-7(11-10-8)6-3-1-2-4-6/h5-6H,1-4H2,(H2,9,10). The van der Waals surface area contributed by atoms with Gasteiger partial charge in [0.25, 0.3) is 0 Å². The molecule has 0 radical (unpaired) electrons. The first-order valence-corrected chi connectivity index (χ1v) is 4.85. The van der Waals surface area contributed by atoms with E-state index in [2.05, 4.69) is 4.37 Å². The molecule has 1 heterocycles. The number of nitrogens with two attached hydrogens (primary N) is 1. The number of nitrogens with zero attached hydrogens (tertiary/aromatic N) is 1. The van der Waals surface area contributed by atoms with Gasteiger partial charge < -0.3 is 5.73 Å². The molecule has 1 aromatic heterocycles. The Morgan fingerprint density at radius 1 is 1.45 bits per heavy atom. The fraction of sp³-hybridized carbons (Fsp3) is 0.625. The molecule has 2 nitrogen and oxygen atoms in total. The molecule has 0 saturated heterocycles. The van der Waals surface area contributed by atoms with E-state index in [1.807, 2.05) is 6.07 Å². The normalized spacial score (nSPS) is 19.3. The van der Waals surface area contributed by atoms with Crippen molar-refractivity contribution >= 4 is 17.4 Å². The summed E-state index contributed by atoms with van der Waals surface area (Å²) in [5, 5.41) is 0. The van der Waals surface area contributed by atoms with E-state index in [1.54, 1.807) is 11.5 Å². The van der Waals surface area contributed by atoms with Crippen LogP contribution in [0.5, 0.6) is 0 Å². The van der Waals surface area contributed by atoms with Gasteiger partial charge in [0.2, 0.25) is 0 Å². The molecule has 0 bridgehead atoms. The van der Waals surface area contributed by atoms with Gasteiger partial charge in [0.1, 0.15) is 5.82 Å². The summed E-state index contributed by atoms with van der Waals surface area (Å²) < 4.78 is 4.08. The third kappa shape index (κ3) is 1.38. The Morgan fingerprint density at radius 2 is 2.18 bits per heavy atom. The summed E-state index contributed by atoms with van der Waals surface area (Å²) in [6.45, 7) is 0. The Balaban J connectivity index is 2.15. The molecule has 1 aliphatic carbocycles. The molecular formula is C8H12N2S. The van der Waals surface area contributed by atoms with Crippen LogP contribution >= 0.6 is 11.5 Å². The molecule has 0 atom stereocenters. The molecule has 2 rings (SSSR count). The molecule has 0 aliphatic heterocycles. The van der Waals surface area contributed by atoms with Crippen molar-refractivity contribution in [2.24, 2.45) is 0 Å². The van der Waals surface area contributed by atoms with Crippen molar-refractivity contribution in [3.8, 4) is 0 Å².